The average Bonchev–Trinajstić information content (AvgIpc) is 2.53. The summed E-state index contributed by atoms with van der Waals surface area (Å²) in [5.41, 5.74) is 1.55. The highest BCUT2D eigenvalue weighted by Crippen LogP contribution is 2.12. The first-order chi connectivity index (χ1) is 10.3. The van der Waals surface area contributed by atoms with Crippen molar-refractivity contribution in [3.05, 3.63) is 23.8 Å². The van der Waals surface area contributed by atoms with Crippen LogP contribution in [-0.4, -0.2) is 70.4 Å². The Balaban J connectivity index is 1.96. The molecule has 1 aromatic heterocycles. The van der Waals surface area contributed by atoms with E-state index in [2.05, 4.69) is 28.0 Å². The van der Waals surface area contributed by atoms with Crippen LogP contribution in [0.2, 0.25) is 0 Å². The van der Waals surface area contributed by atoms with Gasteiger partial charge in [0.05, 0.1) is 11.3 Å². The highest BCUT2D eigenvalue weighted by atomic mass is 32.2. The zero-order valence-corrected chi connectivity index (χ0v) is 13.7. The largest absolute Gasteiger partial charge is 0.336 e. The Kier molecular flexibility index (Phi) is 6.45. The van der Waals surface area contributed by atoms with Crippen molar-refractivity contribution in [2.24, 2.45) is 0 Å². The highest BCUT2D eigenvalue weighted by molar-refractivity contribution is 7.98. The quantitative estimate of drug-likeness (QED) is 0.798. The number of thioether (sulfide) groups is 1. The Morgan fingerprint density at radius 3 is 2.76 bits per heavy atom. The molecule has 0 atom stereocenters. The van der Waals surface area contributed by atoms with Gasteiger partial charge in [-0.15, -0.1) is 0 Å². The molecule has 6 heteroatoms. The Labute approximate surface area is 131 Å². The number of amides is 1. The maximum Gasteiger partial charge on any atom is 0.257 e. The van der Waals surface area contributed by atoms with Crippen LogP contribution in [0.1, 0.15) is 29.4 Å². The van der Waals surface area contributed by atoms with Crippen LogP contribution < -0.4 is 0 Å². The number of carbonyl (C=O) groups excluding carboxylic acids is 1. The second-order valence-electron chi connectivity index (χ2n) is 5.26. The molecule has 0 bridgehead atoms. The van der Waals surface area contributed by atoms with E-state index in [1.54, 1.807) is 6.20 Å². The lowest BCUT2D eigenvalue weighted by Gasteiger charge is -2.34. The minimum atomic E-state index is 0.0866. The average molecular weight is 308 g/mol. The standard InChI is InChI=1S/C15H24N4OS/c1-3-4-14-13(11-16-12-17-14)15(20)19-7-5-18(6-8-19)9-10-21-2/h11-12H,3-10H2,1-2H3. The second-order valence-corrected chi connectivity index (χ2v) is 6.25. The van der Waals surface area contributed by atoms with Gasteiger partial charge >= 0.3 is 0 Å². The number of aromatic nitrogens is 2. The minimum Gasteiger partial charge on any atom is -0.336 e. The summed E-state index contributed by atoms with van der Waals surface area (Å²) in [5.74, 6) is 1.24. The lowest BCUT2D eigenvalue weighted by atomic mass is 10.1. The molecule has 0 unspecified atom stereocenters. The van der Waals surface area contributed by atoms with E-state index in [4.69, 9.17) is 0 Å². The molecule has 0 N–H and O–H groups in total. The number of hydrogen-bond acceptors (Lipinski definition) is 5. The third-order valence-corrected chi connectivity index (χ3v) is 4.37. The van der Waals surface area contributed by atoms with Gasteiger partial charge in [0.25, 0.3) is 5.91 Å². The third-order valence-electron chi connectivity index (χ3n) is 3.78. The van der Waals surface area contributed by atoms with E-state index in [9.17, 15) is 4.79 Å². The van der Waals surface area contributed by atoms with E-state index >= 15 is 0 Å². The van der Waals surface area contributed by atoms with E-state index in [-0.39, 0.29) is 5.91 Å². The molecule has 1 aliphatic heterocycles. The maximum atomic E-state index is 12.6. The van der Waals surface area contributed by atoms with Crippen molar-refractivity contribution < 1.29 is 4.79 Å². The highest BCUT2D eigenvalue weighted by Gasteiger charge is 2.23. The van der Waals surface area contributed by atoms with Gasteiger partial charge in [0.15, 0.2) is 0 Å². The third kappa shape index (κ3) is 4.41. The van der Waals surface area contributed by atoms with Crippen molar-refractivity contribution in [2.45, 2.75) is 19.8 Å². The topological polar surface area (TPSA) is 49.3 Å². The molecular formula is C15H24N4OS. The van der Waals surface area contributed by atoms with Gasteiger partial charge in [0.1, 0.15) is 6.33 Å². The van der Waals surface area contributed by atoms with Crippen LogP contribution in [0.5, 0.6) is 0 Å². The molecule has 1 aliphatic rings. The summed E-state index contributed by atoms with van der Waals surface area (Å²) < 4.78 is 0. The molecule has 2 heterocycles. The molecule has 1 fully saturated rings. The van der Waals surface area contributed by atoms with Crippen LogP contribution in [0.25, 0.3) is 0 Å². The summed E-state index contributed by atoms with van der Waals surface area (Å²) in [6.07, 6.45) is 7.14. The first-order valence-electron chi connectivity index (χ1n) is 7.55. The summed E-state index contributed by atoms with van der Waals surface area (Å²) >= 11 is 1.87. The molecule has 0 saturated carbocycles. The fraction of sp³-hybridized carbons (Fsp3) is 0.667. The molecule has 1 saturated heterocycles. The van der Waals surface area contributed by atoms with E-state index < -0.39 is 0 Å². The van der Waals surface area contributed by atoms with Crippen molar-refractivity contribution >= 4 is 17.7 Å². The van der Waals surface area contributed by atoms with Crippen molar-refractivity contribution in [3.8, 4) is 0 Å². The lowest BCUT2D eigenvalue weighted by Crippen LogP contribution is -2.49. The monoisotopic (exact) mass is 308 g/mol. The van der Waals surface area contributed by atoms with Gasteiger partial charge in [-0.25, -0.2) is 9.97 Å². The van der Waals surface area contributed by atoms with E-state index in [0.29, 0.717) is 5.56 Å². The number of aryl methyl sites for hydroxylation is 1. The number of carbonyl (C=O) groups is 1. The predicted octanol–water partition coefficient (Wildman–Crippen LogP) is 1.55. The van der Waals surface area contributed by atoms with Gasteiger partial charge in [-0.1, -0.05) is 13.3 Å². The fourth-order valence-electron chi connectivity index (χ4n) is 2.53. The van der Waals surface area contributed by atoms with Crippen molar-refractivity contribution in [1.82, 2.24) is 19.8 Å². The maximum absolute atomic E-state index is 12.6. The Bertz CT molecular complexity index is 461. The van der Waals surface area contributed by atoms with E-state index in [1.165, 1.54) is 6.33 Å². The number of hydrogen-bond donors (Lipinski definition) is 0. The molecule has 0 aromatic carbocycles. The van der Waals surface area contributed by atoms with Crippen LogP contribution >= 0.6 is 11.8 Å². The molecule has 1 aromatic rings. The molecule has 1 amide bonds. The molecule has 5 nitrogen and oxygen atoms in total. The molecule has 116 valence electrons. The van der Waals surface area contributed by atoms with E-state index in [0.717, 1.165) is 57.0 Å². The van der Waals surface area contributed by atoms with Crippen molar-refractivity contribution in [1.29, 1.82) is 0 Å². The SMILES string of the molecule is CCCc1ncncc1C(=O)N1CCN(CCSC)CC1. The molecule has 21 heavy (non-hydrogen) atoms. The van der Waals surface area contributed by atoms with Crippen LogP contribution in [-0.2, 0) is 6.42 Å². The van der Waals surface area contributed by atoms with Gasteiger partial charge in [0, 0.05) is 44.7 Å². The van der Waals surface area contributed by atoms with Gasteiger partial charge in [-0.05, 0) is 12.7 Å². The van der Waals surface area contributed by atoms with Crippen LogP contribution in [0.15, 0.2) is 12.5 Å². The van der Waals surface area contributed by atoms with E-state index in [1.807, 2.05) is 16.7 Å². The summed E-state index contributed by atoms with van der Waals surface area (Å²) in [6, 6.07) is 0. The Hall–Kier alpha value is -1.14. The van der Waals surface area contributed by atoms with Crippen LogP contribution in [0.3, 0.4) is 0 Å². The molecule has 2 rings (SSSR count). The summed E-state index contributed by atoms with van der Waals surface area (Å²) in [4.78, 5) is 25.3. The fourth-order valence-corrected chi connectivity index (χ4v) is 2.98. The zero-order chi connectivity index (χ0) is 15.1. The first-order valence-corrected chi connectivity index (χ1v) is 8.95. The summed E-state index contributed by atoms with van der Waals surface area (Å²) in [7, 11) is 0. The predicted molar refractivity (Wildman–Crippen MR) is 86.8 cm³/mol. The molecule has 0 aliphatic carbocycles. The summed E-state index contributed by atoms with van der Waals surface area (Å²) in [6.45, 7) is 6.73. The Morgan fingerprint density at radius 2 is 2.10 bits per heavy atom. The normalized spacial score (nSPS) is 16.2. The first kappa shape index (κ1) is 16.2. The minimum absolute atomic E-state index is 0.0866. The van der Waals surface area contributed by atoms with Crippen molar-refractivity contribution in [2.75, 3.05) is 44.7 Å². The Morgan fingerprint density at radius 1 is 1.33 bits per heavy atom. The van der Waals surface area contributed by atoms with Gasteiger partial charge in [-0.2, -0.15) is 11.8 Å². The number of piperazine rings is 1. The number of rotatable bonds is 6. The van der Waals surface area contributed by atoms with Crippen molar-refractivity contribution in [3.63, 3.8) is 0 Å². The lowest BCUT2D eigenvalue weighted by molar-refractivity contribution is 0.0642. The van der Waals surface area contributed by atoms with Gasteiger partial charge in [0.2, 0.25) is 0 Å². The molecule has 0 radical (unpaired) electrons. The van der Waals surface area contributed by atoms with Gasteiger partial charge in [-0.3, -0.25) is 9.69 Å². The molecular weight excluding hydrogens is 284 g/mol. The number of nitrogens with zero attached hydrogens (tertiary/aromatic N) is 4. The smallest absolute Gasteiger partial charge is 0.257 e. The molecule has 0 spiro atoms. The van der Waals surface area contributed by atoms with Gasteiger partial charge < -0.3 is 4.90 Å². The summed E-state index contributed by atoms with van der Waals surface area (Å²) in [5, 5.41) is 0. The van der Waals surface area contributed by atoms with Crippen LogP contribution in [0, 0.1) is 0 Å². The second kappa shape index (κ2) is 8.34. The zero-order valence-electron chi connectivity index (χ0n) is 12.9. The van der Waals surface area contributed by atoms with Crippen LogP contribution in [0.4, 0.5) is 0 Å².